The first-order chi connectivity index (χ1) is 14.9. The van der Waals surface area contributed by atoms with Crippen molar-refractivity contribution in [2.75, 3.05) is 7.05 Å². The standard InChI is InChI=1S/C24H26N4O3/c1-26-18-11-12-19(26)14-16(13-18)25-24(29)22-20-5-3-4-6-21(20)27(2)23(22)15-7-9-17(10-8-15)28(30)31/h3-10,16,18-19H,11-14H2,1-2H3,(H,25,29)/t16?,18-,19+. The van der Waals surface area contributed by atoms with Crippen molar-refractivity contribution in [3.63, 3.8) is 0 Å². The number of amides is 1. The minimum absolute atomic E-state index is 0.0373. The molecule has 1 amide bonds. The lowest BCUT2D eigenvalue weighted by Crippen LogP contribution is -2.48. The van der Waals surface area contributed by atoms with Gasteiger partial charge in [0.2, 0.25) is 0 Å². The van der Waals surface area contributed by atoms with Gasteiger partial charge in [-0.1, -0.05) is 18.2 Å². The predicted octanol–water partition coefficient (Wildman–Crippen LogP) is 4.11. The monoisotopic (exact) mass is 418 g/mol. The Bertz CT molecular complexity index is 1150. The Balaban J connectivity index is 1.53. The molecule has 0 aliphatic carbocycles. The molecule has 1 unspecified atom stereocenters. The number of hydrogen-bond acceptors (Lipinski definition) is 4. The highest BCUT2D eigenvalue weighted by atomic mass is 16.6. The van der Waals surface area contributed by atoms with Gasteiger partial charge in [-0.2, -0.15) is 0 Å². The van der Waals surface area contributed by atoms with Crippen molar-refractivity contribution in [3.8, 4) is 11.3 Å². The fraction of sp³-hybridized carbons (Fsp3) is 0.375. The molecule has 2 aliphatic heterocycles. The quantitative estimate of drug-likeness (QED) is 0.511. The Morgan fingerprint density at radius 2 is 1.68 bits per heavy atom. The third kappa shape index (κ3) is 3.29. The summed E-state index contributed by atoms with van der Waals surface area (Å²) in [6.07, 6.45) is 4.37. The van der Waals surface area contributed by atoms with Gasteiger partial charge < -0.3 is 14.8 Å². The van der Waals surface area contributed by atoms with Crippen LogP contribution in [0.1, 0.15) is 36.0 Å². The summed E-state index contributed by atoms with van der Waals surface area (Å²) in [5, 5.41) is 15.3. The topological polar surface area (TPSA) is 80.4 Å². The zero-order valence-electron chi connectivity index (χ0n) is 17.7. The second kappa shape index (κ2) is 7.50. The van der Waals surface area contributed by atoms with Gasteiger partial charge in [0.25, 0.3) is 11.6 Å². The fourth-order valence-electron chi connectivity index (χ4n) is 5.49. The molecule has 160 valence electrons. The van der Waals surface area contributed by atoms with E-state index in [4.69, 9.17) is 0 Å². The van der Waals surface area contributed by atoms with Crippen molar-refractivity contribution in [2.45, 2.75) is 43.8 Å². The van der Waals surface area contributed by atoms with E-state index in [-0.39, 0.29) is 17.6 Å². The van der Waals surface area contributed by atoms with Crippen LogP contribution in [0, 0.1) is 10.1 Å². The number of aryl methyl sites for hydroxylation is 1. The predicted molar refractivity (Wildman–Crippen MR) is 120 cm³/mol. The van der Waals surface area contributed by atoms with Crippen molar-refractivity contribution in [1.29, 1.82) is 0 Å². The Morgan fingerprint density at radius 3 is 2.32 bits per heavy atom. The maximum Gasteiger partial charge on any atom is 0.269 e. The summed E-state index contributed by atoms with van der Waals surface area (Å²) in [5.74, 6) is -0.0703. The van der Waals surface area contributed by atoms with Gasteiger partial charge in [-0.3, -0.25) is 14.9 Å². The van der Waals surface area contributed by atoms with Crippen LogP contribution in [0.4, 0.5) is 5.69 Å². The molecule has 2 saturated heterocycles. The number of non-ortho nitro benzene ring substituents is 1. The first-order valence-corrected chi connectivity index (χ1v) is 10.8. The van der Waals surface area contributed by atoms with E-state index < -0.39 is 4.92 Å². The minimum Gasteiger partial charge on any atom is -0.349 e. The largest absolute Gasteiger partial charge is 0.349 e. The maximum atomic E-state index is 13.6. The summed E-state index contributed by atoms with van der Waals surface area (Å²) in [5.41, 5.74) is 3.21. The number of hydrogen-bond donors (Lipinski definition) is 1. The van der Waals surface area contributed by atoms with Crippen LogP contribution in [-0.2, 0) is 7.05 Å². The van der Waals surface area contributed by atoms with Crippen LogP contribution in [-0.4, -0.2) is 45.5 Å². The molecule has 2 fully saturated rings. The molecule has 2 aromatic carbocycles. The SMILES string of the molecule is CN1[C@@H]2CC[C@H]1CC(NC(=O)c1c(-c3ccc([N+](=O)[O-])cc3)n(C)c3ccccc13)C2. The molecule has 3 aromatic rings. The number of nitro benzene ring substituents is 1. The molecule has 0 radical (unpaired) electrons. The van der Waals surface area contributed by atoms with Gasteiger partial charge in [0.05, 0.1) is 16.2 Å². The number of fused-ring (bicyclic) bond motifs is 3. The van der Waals surface area contributed by atoms with E-state index >= 15 is 0 Å². The van der Waals surface area contributed by atoms with Gasteiger partial charge in [0, 0.05) is 48.2 Å². The molecule has 1 N–H and O–H groups in total. The van der Waals surface area contributed by atoms with E-state index in [1.165, 1.54) is 25.0 Å². The Hall–Kier alpha value is -3.19. The van der Waals surface area contributed by atoms with Crippen LogP contribution in [0.25, 0.3) is 22.2 Å². The molecule has 3 atom stereocenters. The summed E-state index contributed by atoms with van der Waals surface area (Å²) < 4.78 is 2.00. The zero-order chi connectivity index (χ0) is 21.7. The molecule has 7 heteroatoms. The molecule has 3 heterocycles. The average Bonchev–Trinajstić information content (AvgIpc) is 3.15. The van der Waals surface area contributed by atoms with Crippen molar-refractivity contribution < 1.29 is 9.72 Å². The van der Waals surface area contributed by atoms with Crippen LogP contribution < -0.4 is 5.32 Å². The number of nitro groups is 1. The molecule has 31 heavy (non-hydrogen) atoms. The van der Waals surface area contributed by atoms with Gasteiger partial charge in [-0.25, -0.2) is 0 Å². The molecule has 0 spiro atoms. The van der Waals surface area contributed by atoms with Gasteiger partial charge >= 0.3 is 0 Å². The van der Waals surface area contributed by atoms with E-state index in [0.29, 0.717) is 17.6 Å². The Kier molecular flexibility index (Phi) is 4.78. The highest BCUT2D eigenvalue weighted by Crippen LogP contribution is 2.36. The minimum atomic E-state index is -0.409. The Labute approximate surface area is 180 Å². The lowest BCUT2D eigenvalue weighted by Gasteiger charge is -2.36. The van der Waals surface area contributed by atoms with Gasteiger partial charge in [0.15, 0.2) is 0 Å². The van der Waals surface area contributed by atoms with E-state index in [1.54, 1.807) is 12.1 Å². The summed E-state index contributed by atoms with van der Waals surface area (Å²) in [6.45, 7) is 0. The van der Waals surface area contributed by atoms with Crippen molar-refractivity contribution in [2.24, 2.45) is 7.05 Å². The van der Waals surface area contributed by atoms with Crippen LogP contribution >= 0.6 is 0 Å². The highest BCUT2D eigenvalue weighted by Gasteiger charge is 2.39. The van der Waals surface area contributed by atoms with Crippen molar-refractivity contribution in [3.05, 3.63) is 64.2 Å². The number of aromatic nitrogens is 1. The number of nitrogens with one attached hydrogen (secondary N) is 1. The first kappa shape index (κ1) is 19.8. The van der Waals surface area contributed by atoms with E-state index in [9.17, 15) is 14.9 Å². The first-order valence-electron chi connectivity index (χ1n) is 10.8. The third-order valence-electron chi connectivity index (χ3n) is 7.12. The molecule has 2 bridgehead atoms. The van der Waals surface area contributed by atoms with Crippen LogP contribution in [0.3, 0.4) is 0 Å². The number of rotatable bonds is 4. The number of carbonyl (C=O) groups excluding carboxylic acids is 1. The molecule has 5 rings (SSSR count). The second-order valence-electron chi connectivity index (χ2n) is 8.80. The number of benzene rings is 2. The van der Waals surface area contributed by atoms with E-state index in [1.807, 2.05) is 35.9 Å². The van der Waals surface area contributed by atoms with Gasteiger partial charge in [-0.15, -0.1) is 0 Å². The zero-order valence-corrected chi connectivity index (χ0v) is 17.7. The van der Waals surface area contributed by atoms with Gasteiger partial charge in [0.1, 0.15) is 0 Å². The third-order valence-corrected chi connectivity index (χ3v) is 7.12. The van der Waals surface area contributed by atoms with E-state index in [0.717, 1.165) is 35.0 Å². The molecule has 1 aromatic heterocycles. The summed E-state index contributed by atoms with van der Waals surface area (Å²) >= 11 is 0. The average molecular weight is 418 g/mol. The fourth-order valence-corrected chi connectivity index (χ4v) is 5.49. The number of carbonyl (C=O) groups is 1. The number of piperidine rings is 1. The summed E-state index contributed by atoms with van der Waals surface area (Å²) in [7, 11) is 4.13. The summed E-state index contributed by atoms with van der Waals surface area (Å²) in [4.78, 5) is 26.7. The second-order valence-corrected chi connectivity index (χ2v) is 8.80. The molecular formula is C24H26N4O3. The normalized spacial score (nSPS) is 23.2. The number of nitrogens with zero attached hydrogens (tertiary/aromatic N) is 3. The molecular weight excluding hydrogens is 392 g/mol. The molecule has 2 aliphatic rings. The van der Waals surface area contributed by atoms with E-state index in [2.05, 4.69) is 17.3 Å². The van der Waals surface area contributed by atoms with Crippen LogP contribution in [0.15, 0.2) is 48.5 Å². The summed E-state index contributed by atoms with van der Waals surface area (Å²) in [6, 6.07) is 15.5. The smallest absolute Gasteiger partial charge is 0.269 e. The van der Waals surface area contributed by atoms with Crippen LogP contribution in [0.2, 0.25) is 0 Å². The Morgan fingerprint density at radius 1 is 1.03 bits per heavy atom. The lowest BCUT2D eigenvalue weighted by atomic mass is 9.97. The molecule has 0 saturated carbocycles. The van der Waals surface area contributed by atoms with Crippen molar-refractivity contribution in [1.82, 2.24) is 14.8 Å². The highest BCUT2D eigenvalue weighted by molar-refractivity contribution is 6.12. The van der Waals surface area contributed by atoms with Gasteiger partial charge in [-0.05, 0) is 56.5 Å². The number of para-hydroxylation sites is 1. The lowest BCUT2D eigenvalue weighted by molar-refractivity contribution is -0.384. The molecule has 7 nitrogen and oxygen atoms in total. The van der Waals surface area contributed by atoms with Crippen molar-refractivity contribution >= 4 is 22.5 Å². The van der Waals surface area contributed by atoms with Crippen LogP contribution in [0.5, 0.6) is 0 Å². The maximum absolute atomic E-state index is 13.6.